The van der Waals surface area contributed by atoms with Gasteiger partial charge in [-0.1, -0.05) is 0 Å². The van der Waals surface area contributed by atoms with Crippen molar-refractivity contribution in [3.63, 3.8) is 0 Å². The van der Waals surface area contributed by atoms with Crippen molar-refractivity contribution in [2.75, 3.05) is 0 Å². The van der Waals surface area contributed by atoms with E-state index in [1.807, 2.05) is 0 Å². The fourth-order valence-electron chi connectivity index (χ4n) is 0. The first kappa shape index (κ1) is 78.6. The van der Waals surface area contributed by atoms with E-state index in [9.17, 15) is 0 Å². The molecule has 0 aromatic carbocycles. The maximum absolute atomic E-state index is 7.17. The molecule has 0 aliphatic heterocycles. The third-order valence-electron chi connectivity index (χ3n) is 0. The fourth-order valence-corrected chi connectivity index (χ4v) is 0. The van der Waals surface area contributed by atoms with Gasteiger partial charge in [0.15, 0.2) is 0 Å². The monoisotopic (exact) mass is 664 g/mol. The molecule has 0 saturated carbocycles. The Morgan fingerprint density at radius 2 is 0.167 bits per heavy atom. The van der Waals surface area contributed by atoms with Crippen LogP contribution in [0.25, 0.3) is 0 Å². The second-order valence-electron chi connectivity index (χ2n) is 3.46. The van der Waals surface area contributed by atoms with Crippen LogP contribution in [0.15, 0.2) is 0 Å². The number of hydrogen-bond donors (Lipinski definition) is 30. The number of hydrogen-bond acceptors (Lipinski definition) is 30. The summed E-state index contributed by atoms with van der Waals surface area (Å²) in [5, 5.41) is 215. The van der Waals surface area contributed by atoms with E-state index >= 15 is 0 Å². The fraction of sp³-hybridized carbons (Fsp3) is 0. The molecule has 0 bridgehead atoms. The largest absolute Gasteiger partial charge is 1.00 e. The van der Waals surface area contributed by atoms with Gasteiger partial charge in [-0.25, -0.2) is 0 Å². The molecule has 0 amide bonds. The Bertz CT molecular complexity index is 200. The average molecular weight is 663 g/mol. The molecule has 0 fully saturated rings. The summed E-state index contributed by atoms with van der Waals surface area (Å²) in [4.78, 5) is 0. The molecule has 0 aromatic rings. The van der Waals surface area contributed by atoms with Gasteiger partial charge in [0.2, 0.25) is 0 Å². The van der Waals surface area contributed by atoms with Crippen LogP contribution >= 0.6 is 12.4 Å². The molecule has 0 heterocycles. The molecule has 0 rings (SSSR count). The molecular weight excluding hydrogens is 630 g/mol. The molecule has 42 heavy (non-hydrogen) atoms. The first-order valence-electron chi connectivity index (χ1n) is 7.75. The standard InChI is InChI=1S/10BH3O3.ClH.Li.H/c10*2-1(3)4;;;/h10*2-4H;1H;;/q;;;;;;;;;;;+1;-1. The van der Waals surface area contributed by atoms with Gasteiger partial charge >= 0.3 is 92.1 Å². The number of rotatable bonds is 0. The molecule has 0 atom stereocenters. The molecular formula is H32B10ClLiO30. The second kappa shape index (κ2) is 73.1. The van der Waals surface area contributed by atoms with Gasteiger partial charge < -0.3 is 152 Å². The van der Waals surface area contributed by atoms with Crippen LogP contribution in [0.1, 0.15) is 1.43 Å². The quantitative estimate of drug-likeness (QED) is 0.107. The van der Waals surface area contributed by atoms with Crippen LogP contribution in [-0.4, -0.2) is 224 Å². The first-order valence-corrected chi connectivity index (χ1v) is 7.75. The topological polar surface area (TPSA) is 607 Å². The molecule has 0 aliphatic carbocycles. The maximum Gasteiger partial charge on any atom is 1.00 e. The SMILES string of the molecule is Cl.OB(O)O.OB(O)O.OB(O)O.OB(O)O.OB(O)O.OB(O)O.OB(O)O.OB(O)O.OB(O)O.OB(O)O.[H-].[Li+]. The molecule has 42 heteroatoms. The summed E-state index contributed by atoms with van der Waals surface area (Å²) in [7, 11) is -21.7. The Morgan fingerprint density at radius 1 is 0.167 bits per heavy atom. The zero-order valence-electron chi connectivity index (χ0n) is 21.6. The van der Waals surface area contributed by atoms with Crippen molar-refractivity contribution in [1.29, 1.82) is 0 Å². The predicted molar refractivity (Wildman–Crippen MR) is 132 cm³/mol. The minimum Gasteiger partial charge on any atom is -1.00 e. The molecule has 0 aromatic heterocycles. The third-order valence-corrected chi connectivity index (χ3v) is 0. The smallest absolute Gasteiger partial charge is 1.00 e. The summed E-state index contributed by atoms with van der Waals surface area (Å²) in [5.41, 5.74) is 0. The predicted octanol–water partition coefficient (Wildman–Crippen LogP) is -23.0. The van der Waals surface area contributed by atoms with Gasteiger partial charge in [-0.15, -0.1) is 12.4 Å². The molecule has 30 N–H and O–H groups in total. The van der Waals surface area contributed by atoms with E-state index in [-0.39, 0.29) is 32.7 Å². The van der Waals surface area contributed by atoms with Crippen LogP contribution in [0.4, 0.5) is 0 Å². The van der Waals surface area contributed by atoms with Crippen LogP contribution in [0.5, 0.6) is 0 Å². The Labute approximate surface area is 256 Å². The van der Waals surface area contributed by atoms with Gasteiger partial charge in [0.05, 0.1) is 0 Å². The van der Waals surface area contributed by atoms with Gasteiger partial charge in [0, 0.05) is 0 Å². The average Bonchev–Trinajstić information content (AvgIpc) is 2.47. The van der Waals surface area contributed by atoms with Crippen molar-refractivity contribution >= 4 is 85.6 Å². The summed E-state index contributed by atoms with van der Waals surface area (Å²) in [5.74, 6) is 0. The van der Waals surface area contributed by atoms with E-state index in [2.05, 4.69) is 0 Å². The first-order chi connectivity index (χ1) is 17.3. The van der Waals surface area contributed by atoms with E-state index in [4.69, 9.17) is 151 Å². The van der Waals surface area contributed by atoms with E-state index in [1.165, 1.54) is 0 Å². The van der Waals surface area contributed by atoms with Crippen LogP contribution in [0, 0.1) is 0 Å². The van der Waals surface area contributed by atoms with E-state index in [1.54, 1.807) is 0 Å². The molecule has 0 aliphatic rings. The Hall–Kier alpha value is 0.337. The van der Waals surface area contributed by atoms with E-state index < -0.39 is 73.2 Å². The normalized spacial score (nSPS) is 6.43. The van der Waals surface area contributed by atoms with Crippen LogP contribution in [-0.2, 0) is 0 Å². The summed E-state index contributed by atoms with van der Waals surface area (Å²) in [6.45, 7) is 0. The molecule has 0 unspecified atom stereocenters. The van der Waals surface area contributed by atoms with Crippen molar-refractivity contribution in [3.8, 4) is 0 Å². The molecule has 30 nitrogen and oxygen atoms in total. The van der Waals surface area contributed by atoms with Crippen molar-refractivity contribution in [3.05, 3.63) is 0 Å². The van der Waals surface area contributed by atoms with E-state index in [0.717, 1.165) is 0 Å². The molecule has 0 saturated heterocycles. The van der Waals surface area contributed by atoms with Crippen LogP contribution in [0.3, 0.4) is 0 Å². The van der Waals surface area contributed by atoms with Gasteiger partial charge in [0.25, 0.3) is 0 Å². The number of halogens is 1. The Balaban J connectivity index is -0.0000000210. The van der Waals surface area contributed by atoms with Crippen LogP contribution < -0.4 is 18.9 Å². The van der Waals surface area contributed by atoms with Gasteiger partial charge in [-0.2, -0.15) is 0 Å². The minimum absolute atomic E-state index is 0. The summed E-state index contributed by atoms with van der Waals surface area (Å²) >= 11 is 0. The van der Waals surface area contributed by atoms with Gasteiger partial charge in [-0.05, 0) is 0 Å². The van der Waals surface area contributed by atoms with Crippen molar-refractivity contribution in [1.82, 2.24) is 0 Å². The summed E-state index contributed by atoms with van der Waals surface area (Å²) in [6, 6.07) is 0. The van der Waals surface area contributed by atoms with Crippen molar-refractivity contribution < 1.29 is 171 Å². The van der Waals surface area contributed by atoms with Crippen molar-refractivity contribution in [2.45, 2.75) is 0 Å². The van der Waals surface area contributed by atoms with E-state index in [0.29, 0.717) is 0 Å². The van der Waals surface area contributed by atoms with Crippen LogP contribution in [0.2, 0.25) is 0 Å². The molecule has 0 spiro atoms. The summed E-state index contributed by atoms with van der Waals surface area (Å²) < 4.78 is 0. The molecule has 0 radical (unpaired) electrons. The maximum atomic E-state index is 7.17. The molecule has 250 valence electrons. The zero-order chi connectivity index (χ0) is 35.8. The zero-order valence-corrected chi connectivity index (χ0v) is 21.4. The van der Waals surface area contributed by atoms with Crippen molar-refractivity contribution in [2.24, 2.45) is 0 Å². The Kier molecular flexibility index (Phi) is 137. The third kappa shape index (κ3) is 550000. The van der Waals surface area contributed by atoms with Gasteiger partial charge in [-0.3, -0.25) is 0 Å². The summed E-state index contributed by atoms with van der Waals surface area (Å²) in [6.07, 6.45) is 0. The van der Waals surface area contributed by atoms with Gasteiger partial charge in [0.1, 0.15) is 0 Å². The Morgan fingerprint density at radius 3 is 0.167 bits per heavy atom. The minimum atomic E-state index is -2.17. The second-order valence-corrected chi connectivity index (χ2v) is 3.46.